The van der Waals surface area contributed by atoms with Crippen LogP contribution in [-0.4, -0.2) is 29.3 Å². The number of rotatable bonds is 6. The summed E-state index contributed by atoms with van der Waals surface area (Å²) in [5, 5.41) is 16.9. The van der Waals surface area contributed by atoms with Crippen molar-refractivity contribution >= 4 is 17.5 Å². The van der Waals surface area contributed by atoms with E-state index >= 15 is 0 Å². The number of benzene rings is 1. The maximum atomic E-state index is 10.9. The minimum absolute atomic E-state index is 0.0619. The van der Waals surface area contributed by atoms with Crippen molar-refractivity contribution in [1.82, 2.24) is 0 Å². The molecule has 19 heavy (non-hydrogen) atoms. The first-order valence-electron chi connectivity index (χ1n) is 5.44. The quantitative estimate of drug-likeness (QED) is 0.255. The Morgan fingerprint density at radius 2 is 2.16 bits per heavy atom. The minimum Gasteiger partial charge on any atom is -0.379 e. The van der Waals surface area contributed by atoms with E-state index in [1.165, 1.54) is 0 Å². The average Bonchev–Trinajstić information content (AvgIpc) is 2.37. The third-order valence-corrected chi connectivity index (χ3v) is 2.15. The number of carbonyl (C=O) groups is 1. The lowest BCUT2D eigenvalue weighted by molar-refractivity contribution is -0.499. The summed E-state index contributed by atoms with van der Waals surface area (Å²) in [5.74, 6) is -1.07. The molecule has 1 aromatic rings. The summed E-state index contributed by atoms with van der Waals surface area (Å²) < 4.78 is 0. The molecular formula is C11H14N4O4. The van der Waals surface area contributed by atoms with Gasteiger partial charge in [0.05, 0.1) is 6.54 Å². The lowest BCUT2D eigenvalue weighted by Crippen LogP contribution is -2.41. The molecule has 1 atom stereocenters. The van der Waals surface area contributed by atoms with Crippen molar-refractivity contribution < 1.29 is 14.6 Å². The molecule has 0 aliphatic carbocycles. The van der Waals surface area contributed by atoms with Gasteiger partial charge in [-0.3, -0.25) is 10.1 Å². The van der Waals surface area contributed by atoms with Crippen molar-refractivity contribution in [3.63, 3.8) is 0 Å². The summed E-state index contributed by atoms with van der Waals surface area (Å²) in [6.07, 6.45) is 0. The van der Waals surface area contributed by atoms with E-state index in [9.17, 15) is 14.9 Å². The van der Waals surface area contributed by atoms with E-state index in [2.05, 4.69) is 15.3 Å². The molecule has 0 spiro atoms. The Bertz CT molecular complexity index is 475. The maximum Gasteiger partial charge on any atom is 0.332 e. The van der Waals surface area contributed by atoms with Crippen LogP contribution in [0.3, 0.4) is 0 Å². The zero-order valence-corrected chi connectivity index (χ0v) is 10.3. The molecule has 0 bridgehead atoms. The summed E-state index contributed by atoms with van der Waals surface area (Å²) in [5.41, 5.74) is 6.14. The van der Waals surface area contributed by atoms with Gasteiger partial charge in [0.1, 0.15) is 0 Å². The van der Waals surface area contributed by atoms with Crippen molar-refractivity contribution in [2.45, 2.75) is 13.0 Å². The second-order valence-electron chi connectivity index (χ2n) is 3.65. The molecule has 0 unspecified atom stereocenters. The first-order valence-corrected chi connectivity index (χ1v) is 5.44. The van der Waals surface area contributed by atoms with Crippen molar-refractivity contribution in [1.29, 1.82) is 0 Å². The fourth-order valence-electron chi connectivity index (χ4n) is 1.24. The van der Waals surface area contributed by atoms with Crippen molar-refractivity contribution in [2.24, 2.45) is 10.9 Å². The van der Waals surface area contributed by atoms with Gasteiger partial charge in [0.15, 0.2) is 0 Å². The SMILES string of the molecule is CC(=O)O/N=C(/N)[C@@H](CNc1ccccc1)[N+](=O)[O-]. The molecule has 0 aromatic heterocycles. The van der Waals surface area contributed by atoms with Crippen LogP contribution in [0.2, 0.25) is 0 Å². The Balaban J connectivity index is 2.65. The normalized spacial score (nSPS) is 12.6. The van der Waals surface area contributed by atoms with Gasteiger partial charge in [-0.2, -0.15) is 0 Å². The second-order valence-corrected chi connectivity index (χ2v) is 3.65. The molecule has 0 saturated carbocycles. The van der Waals surface area contributed by atoms with Crippen molar-refractivity contribution in [2.75, 3.05) is 11.9 Å². The van der Waals surface area contributed by atoms with Gasteiger partial charge < -0.3 is 15.9 Å². The number of nitrogens with zero attached hydrogens (tertiary/aromatic N) is 2. The summed E-state index contributed by atoms with van der Waals surface area (Å²) in [4.78, 5) is 25.1. The molecule has 3 N–H and O–H groups in total. The monoisotopic (exact) mass is 266 g/mol. The van der Waals surface area contributed by atoms with Gasteiger partial charge in [-0.1, -0.05) is 23.4 Å². The van der Waals surface area contributed by atoms with E-state index in [-0.39, 0.29) is 12.4 Å². The number of nitro groups is 1. The Morgan fingerprint density at radius 1 is 1.53 bits per heavy atom. The molecule has 102 valence electrons. The van der Waals surface area contributed by atoms with Crippen LogP contribution in [0.25, 0.3) is 0 Å². The van der Waals surface area contributed by atoms with Gasteiger partial charge in [-0.05, 0) is 12.1 Å². The predicted molar refractivity (Wildman–Crippen MR) is 69.1 cm³/mol. The maximum absolute atomic E-state index is 10.9. The fraction of sp³-hybridized carbons (Fsp3) is 0.273. The zero-order valence-electron chi connectivity index (χ0n) is 10.3. The third kappa shape index (κ3) is 5.02. The molecule has 8 heteroatoms. The van der Waals surface area contributed by atoms with Crippen LogP contribution in [0, 0.1) is 10.1 Å². The lowest BCUT2D eigenvalue weighted by atomic mass is 10.2. The molecule has 1 rings (SSSR count). The fourth-order valence-corrected chi connectivity index (χ4v) is 1.24. The summed E-state index contributed by atoms with van der Waals surface area (Å²) in [7, 11) is 0. The van der Waals surface area contributed by atoms with E-state index < -0.39 is 16.9 Å². The Kier molecular flexibility index (Phi) is 5.27. The summed E-state index contributed by atoms with van der Waals surface area (Å²) >= 11 is 0. The van der Waals surface area contributed by atoms with Crippen LogP contribution >= 0.6 is 0 Å². The van der Waals surface area contributed by atoms with Gasteiger partial charge in [-0.15, -0.1) is 0 Å². The third-order valence-electron chi connectivity index (χ3n) is 2.15. The van der Waals surface area contributed by atoms with Gasteiger partial charge >= 0.3 is 5.97 Å². The number of hydrogen-bond donors (Lipinski definition) is 2. The molecular weight excluding hydrogens is 252 g/mol. The van der Waals surface area contributed by atoms with E-state index in [4.69, 9.17) is 5.73 Å². The first kappa shape index (κ1) is 14.4. The zero-order chi connectivity index (χ0) is 14.3. The molecule has 0 saturated heterocycles. The Hall–Kier alpha value is -2.64. The highest BCUT2D eigenvalue weighted by atomic mass is 16.7. The van der Waals surface area contributed by atoms with E-state index in [1.807, 2.05) is 6.07 Å². The molecule has 0 aliphatic heterocycles. The van der Waals surface area contributed by atoms with Crippen LogP contribution in [0.15, 0.2) is 35.5 Å². The number of carbonyl (C=O) groups excluding carboxylic acids is 1. The second kappa shape index (κ2) is 6.94. The van der Waals surface area contributed by atoms with Gasteiger partial charge in [-0.25, -0.2) is 4.79 Å². The van der Waals surface area contributed by atoms with E-state index in [0.29, 0.717) is 0 Å². The number of nitrogens with one attached hydrogen (secondary N) is 1. The topological polar surface area (TPSA) is 120 Å². The standard InChI is InChI=1S/C11H14N4O4/c1-8(16)19-14-11(12)10(15(17)18)7-13-9-5-3-2-4-6-9/h2-6,10,13H,7H2,1H3,(H2,12,14)/t10-/m1/s1. The highest BCUT2D eigenvalue weighted by Gasteiger charge is 2.25. The predicted octanol–water partition coefficient (Wildman–Crippen LogP) is 0.579. The van der Waals surface area contributed by atoms with Crippen molar-refractivity contribution in [3.8, 4) is 0 Å². The van der Waals surface area contributed by atoms with Gasteiger partial charge in [0.2, 0.25) is 5.84 Å². The van der Waals surface area contributed by atoms with Crippen LogP contribution < -0.4 is 11.1 Å². The average molecular weight is 266 g/mol. The van der Waals surface area contributed by atoms with Crippen LogP contribution in [0.1, 0.15) is 6.92 Å². The molecule has 1 aromatic carbocycles. The van der Waals surface area contributed by atoms with Gasteiger partial charge in [0.25, 0.3) is 6.04 Å². The lowest BCUT2D eigenvalue weighted by Gasteiger charge is -2.10. The highest BCUT2D eigenvalue weighted by Crippen LogP contribution is 2.05. The molecule has 0 amide bonds. The van der Waals surface area contributed by atoms with Gasteiger partial charge in [0, 0.05) is 17.5 Å². The van der Waals surface area contributed by atoms with E-state index in [1.54, 1.807) is 24.3 Å². The van der Waals surface area contributed by atoms with Crippen LogP contribution in [0.5, 0.6) is 0 Å². The Labute approximate surface area is 109 Å². The molecule has 8 nitrogen and oxygen atoms in total. The summed E-state index contributed by atoms with van der Waals surface area (Å²) in [6.45, 7) is 1.06. The molecule has 0 radical (unpaired) electrons. The molecule has 0 fully saturated rings. The van der Waals surface area contributed by atoms with Crippen LogP contribution in [-0.2, 0) is 9.63 Å². The van der Waals surface area contributed by atoms with Crippen LogP contribution in [0.4, 0.5) is 5.69 Å². The summed E-state index contributed by atoms with van der Waals surface area (Å²) in [6, 6.07) is 7.65. The number of anilines is 1. The number of hydrogen-bond acceptors (Lipinski definition) is 6. The number of nitrogens with two attached hydrogens (primary N) is 1. The first-order chi connectivity index (χ1) is 9.00. The highest BCUT2D eigenvalue weighted by molar-refractivity contribution is 5.85. The number of oxime groups is 1. The number of amidine groups is 1. The van der Waals surface area contributed by atoms with Crippen molar-refractivity contribution in [3.05, 3.63) is 40.4 Å². The smallest absolute Gasteiger partial charge is 0.332 e. The minimum atomic E-state index is -1.28. The molecule has 0 aliphatic rings. The molecule has 0 heterocycles. The Morgan fingerprint density at radius 3 is 2.68 bits per heavy atom. The largest absolute Gasteiger partial charge is 0.379 e. The number of para-hydroxylation sites is 1. The van der Waals surface area contributed by atoms with E-state index in [0.717, 1.165) is 12.6 Å².